The van der Waals surface area contributed by atoms with E-state index in [0.29, 0.717) is 36.7 Å². The molecule has 0 spiro atoms. The number of rotatable bonds is 11. The van der Waals surface area contributed by atoms with Crippen LogP contribution < -0.4 is 9.47 Å². The molecule has 0 radical (unpaired) electrons. The molecule has 0 N–H and O–H groups in total. The Kier molecular flexibility index (Phi) is 8.47. The zero-order valence-electron chi connectivity index (χ0n) is 25.0. The number of oxazole rings is 1. The van der Waals surface area contributed by atoms with Crippen LogP contribution >= 0.6 is 0 Å². The molecule has 0 bridgehead atoms. The third-order valence-electron chi connectivity index (χ3n) is 8.76. The Bertz CT molecular complexity index is 1670. The minimum absolute atomic E-state index is 0.000434. The number of hydrogen-bond acceptors (Lipinski definition) is 7. The predicted molar refractivity (Wildman–Crippen MR) is 165 cm³/mol. The summed E-state index contributed by atoms with van der Waals surface area (Å²) in [5.41, 5.74) is 5.02. The van der Waals surface area contributed by atoms with Crippen LogP contribution in [0.2, 0.25) is 0 Å². The second kappa shape index (κ2) is 12.3. The van der Waals surface area contributed by atoms with E-state index in [1.807, 2.05) is 26.0 Å². The van der Waals surface area contributed by atoms with Crippen molar-refractivity contribution >= 4 is 20.9 Å². The molecule has 2 fully saturated rings. The Balaban J connectivity index is 1.18. The fourth-order valence-electron chi connectivity index (χ4n) is 7.07. The van der Waals surface area contributed by atoms with Gasteiger partial charge in [-0.15, -0.1) is 0 Å². The Labute approximate surface area is 252 Å². The normalized spacial score (nSPS) is 20.5. The van der Waals surface area contributed by atoms with Gasteiger partial charge in [0.05, 0.1) is 24.5 Å². The van der Waals surface area contributed by atoms with Gasteiger partial charge in [-0.1, -0.05) is 18.2 Å². The summed E-state index contributed by atoms with van der Waals surface area (Å²) in [5, 5.41) is 0. The molecule has 6 rings (SSSR count). The summed E-state index contributed by atoms with van der Waals surface area (Å²) in [6.45, 7) is 6.82. The molecule has 7 nitrogen and oxygen atoms in total. The van der Waals surface area contributed by atoms with Crippen LogP contribution in [-0.2, 0) is 28.6 Å². The van der Waals surface area contributed by atoms with Crippen LogP contribution in [0.3, 0.4) is 0 Å². The smallest absolute Gasteiger partial charge is 0.195 e. The number of likely N-dealkylation sites (tertiary alicyclic amines) is 1. The van der Waals surface area contributed by atoms with Gasteiger partial charge in [0.1, 0.15) is 22.8 Å². The molecule has 228 valence electrons. The maximum atomic E-state index is 13.7. The molecule has 3 atom stereocenters. The first-order chi connectivity index (χ1) is 20.7. The number of sulfone groups is 1. The van der Waals surface area contributed by atoms with Crippen molar-refractivity contribution in [2.24, 2.45) is 11.8 Å². The van der Waals surface area contributed by atoms with Crippen LogP contribution in [0.1, 0.15) is 50.1 Å². The summed E-state index contributed by atoms with van der Waals surface area (Å²) in [7, 11) is -3.11. The van der Waals surface area contributed by atoms with Gasteiger partial charge in [0.2, 0.25) is 0 Å². The van der Waals surface area contributed by atoms with E-state index >= 15 is 0 Å². The SMILES string of the molecule is CCOc1cc(CN2CC[C@H]3C(Cc4nc5cc(CS(C)(=O)=O)ccc5o4)CC[C@H]32)cc(OCC)c1-c1ccc(F)cc1. The van der Waals surface area contributed by atoms with E-state index in [1.54, 1.807) is 18.2 Å². The molecule has 1 saturated heterocycles. The van der Waals surface area contributed by atoms with Crippen molar-refractivity contribution in [3.8, 4) is 22.6 Å². The molecular weight excluding hydrogens is 567 g/mol. The average Bonchev–Trinajstić information content (AvgIpc) is 3.65. The Hall–Kier alpha value is -3.43. The molecule has 1 aliphatic carbocycles. The fraction of sp³-hybridized carbons (Fsp3) is 0.441. The van der Waals surface area contributed by atoms with Crippen LogP contribution in [-0.4, -0.2) is 50.4 Å². The molecule has 2 heterocycles. The highest BCUT2D eigenvalue weighted by Crippen LogP contribution is 2.45. The Morgan fingerprint density at radius 2 is 1.67 bits per heavy atom. The second-order valence-electron chi connectivity index (χ2n) is 11.9. The highest BCUT2D eigenvalue weighted by atomic mass is 32.2. The van der Waals surface area contributed by atoms with Crippen molar-refractivity contribution in [3.63, 3.8) is 0 Å². The summed E-state index contributed by atoms with van der Waals surface area (Å²) in [4.78, 5) is 7.33. The van der Waals surface area contributed by atoms with E-state index in [-0.39, 0.29) is 11.6 Å². The lowest BCUT2D eigenvalue weighted by atomic mass is 9.90. The van der Waals surface area contributed by atoms with Crippen LogP contribution in [0, 0.1) is 17.7 Å². The van der Waals surface area contributed by atoms with Gasteiger partial charge in [0.15, 0.2) is 21.3 Å². The van der Waals surface area contributed by atoms with Gasteiger partial charge in [0.25, 0.3) is 0 Å². The lowest BCUT2D eigenvalue weighted by Gasteiger charge is -2.25. The van der Waals surface area contributed by atoms with Gasteiger partial charge >= 0.3 is 0 Å². The van der Waals surface area contributed by atoms with Gasteiger partial charge in [-0.25, -0.2) is 17.8 Å². The van der Waals surface area contributed by atoms with E-state index in [0.717, 1.165) is 83.9 Å². The van der Waals surface area contributed by atoms with E-state index in [9.17, 15) is 12.8 Å². The number of nitrogens with zero attached hydrogens (tertiary/aromatic N) is 2. The Morgan fingerprint density at radius 3 is 2.35 bits per heavy atom. The Morgan fingerprint density at radius 1 is 0.953 bits per heavy atom. The van der Waals surface area contributed by atoms with E-state index < -0.39 is 9.84 Å². The monoisotopic (exact) mass is 606 g/mol. The zero-order chi connectivity index (χ0) is 30.1. The maximum absolute atomic E-state index is 13.7. The average molecular weight is 607 g/mol. The summed E-state index contributed by atoms with van der Waals surface area (Å²) >= 11 is 0. The van der Waals surface area contributed by atoms with Crippen LogP contribution in [0.15, 0.2) is 59.0 Å². The minimum atomic E-state index is -3.11. The molecule has 1 unspecified atom stereocenters. The van der Waals surface area contributed by atoms with Gasteiger partial charge in [-0.2, -0.15) is 0 Å². The van der Waals surface area contributed by atoms with Crippen LogP contribution in [0.4, 0.5) is 4.39 Å². The third-order valence-corrected chi connectivity index (χ3v) is 9.62. The summed E-state index contributed by atoms with van der Waals surface area (Å²) in [5.74, 6) is 3.04. The first-order valence-electron chi connectivity index (χ1n) is 15.2. The van der Waals surface area contributed by atoms with Crippen molar-refractivity contribution < 1.29 is 26.7 Å². The summed E-state index contributed by atoms with van der Waals surface area (Å²) < 4.78 is 55.4. The van der Waals surface area contributed by atoms with E-state index in [2.05, 4.69) is 17.0 Å². The summed E-state index contributed by atoms with van der Waals surface area (Å²) in [6, 6.07) is 16.6. The van der Waals surface area contributed by atoms with Gasteiger partial charge in [0, 0.05) is 25.3 Å². The standard InChI is InChI=1S/C34H39FN2O5S/c1-4-40-31-17-23(18-32(41-5-2)34(31)24-7-10-26(35)11-8-24)20-37-15-14-27-25(9-12-29(27)37)19-33-36-28-16-22(21-43(3,38)39)6-13-30(28)42-33/h6-8,10-11,13,16-18,25,27,29H,4-5,9,12,14-15,19-21H2,1-3H3/t25?,27-,29+/m0/s1. The first kappa shape index (κ1) is 29.6. The molecule has 3 aromatic carbocycles. The second-order valence-corrected chi connectivity index (χ2v) is 14.0. The molecule has 1 aliphatic heterocycles. The zero-order valence-corrected chi connectivity index (χ0v) is 25.8. The van der Waals surface area contributed by atoms with Crippen molar-refractivity contribution in [1.29, 1.82) is 0 Å². The van der Waals surface area contributed by atoms with Gasteiger partial charge in [-0.05, 0) is 105 Å². The quantitative estimate of drug-likeness (QED) is 0.185. The molecule has 2 aliphatic rings. The van der Waals surface area contributed by atoms with Crippen LogP contribution in [0.5, 0.6) is 11.5 Å². The van der Waals surface area contributed by atoms with Crippen molar-refractivity contribution in [2.75, 3.05) is 26.0 Å². The fourth-order valence-corrected chi connectivity index (χ4v) is 7.86. The predicted octanol–water partition coefficient (Wildman–Crippen LogP) is 6.82. The largest absolute Gasteiger partial charge is 0.493 e. The molecule has 1 saturated carbocycles. The van der Waals surface area contributed by atoms with Crippen molar-refractivity contribution in [2.45, 2.75) is 57.9 Å². The maximum Gasteiger partial charge on any atom is 0.195 e. The molecular formula is C34H39FN2O5S. The molecule has 4 aromatic rings. The lowest BCUT2D eigenvalue weighted by molar-refractivity contribution is 0.224. The highest BCUT2D eigenvalue weighted by molar-refractivity contribution is 7.89. The number of halogens is 1. The number of aromatic nitrogens is 1. The third kappa shape index (κ3) is 6.58. The van der Waals surface area contributed by atoms with Crippen molar-refractivity contribution in [3.05, 3.63) is 77.4 Å². The van der Waals surface area contributed by atoms with Gasteiger partial charge < -0.3 is 13.9 Å². The minimum Gasteiger partial charge on any atom is -0.493 e. The van der Waals surface area contributed by atoms with Gasteiger partial charge in [-0.3, -0.25) is 4.90 Å². The molecule has 9 heteroatoms. The van der Waals surface area contributed by atoms with E-state index in [1.165, 1.54) is 18.4 Å². The molecule has 0 amide bonds. The lowest BCUT2D eigenvalue weighted by Crippen LogP contribution is -2.30. The highest BCUT2D eigenvalue weighted by Gasteiger charge is 2.44. The number of hydrogen-bond donors (Lipinski definition) is 0. The number of fused-ring (bicyclic) bond motifs is 2. The first-order valence-corrected chi connectivity index (χ1v) is 17.3. The summed E-state index contributed by atoms with van der Waals surface area (Å²) in [6.07, 6.45) is 5.44. The topological polar surface area (TPSA) is 81.9 Å². The number of benzene rings is 3. The van der Waals surface area contributed by atoms with Crippen molar-refractivity contribution in [1.82, 2.24) is 9.88 Å². The molecule has 43 heavy (non-hydrogen) atoms. The van der Waals surface area contributed by atoms with E-state index in [4.69, 9.17) is 18.9 Å². The molecule has 1 aromatic heterocycles. The number of ether oxygens (including phenoxy) is 2. The van der Waals surface area contributed by atoms with Crippen LogP contribution in [0.25, 0.3) is 22.2 Å².